The first-order valence-electron chi connectivity index (χ1n) is 7.63. The Labute approximate surface area is 113 Å². The Morgan fingerprint density at radius 1 is 0.778 bits per heavy atom. The summed E-state index contributed by atoms with van der Waals surface area (Å²) in [5.74, 6) is 0. The highest BCUT2D eigenvalue weighted by Crippen LogP contribution is 2.07. The van der Waals surface area contributed by atoms with Gasteiger partial charge in [-0.2, -0.15) is 0 Å². The summed E-state index contributed by atoms with van der Waals surface area (Å²) in [4.78, 5) is 0. The zero-order chi connectivity index (χ0) is 13.6. The molecule has 0 spiro atoms. The van der Waals surface area contributed by atoms with Crippen molar-refractivity contribution in [1.82, 2.24) is 0 Å². The largest absolute Gasteiger partial charge is 0.388 e. The first-order chi connectivity index (χ1) is 8.72. The van der Waals surface area contributed by atoms with Gasteiger partial charge in [-0.1, -0.05) is 52.4 Å². The number of aliphatic hydroxyl groups is 1. The van der Waals surface area contributed by atoms with Crippen LogP contribution < -0.4 is 0 Å². The second-order valence-electron chi connectivity index (χ2n) is 4.97. The van der Waals surface area contributed by atoms with Gasteiger partial charge < -0.3 is 14.6 Å². The Hall–Kier alpha value is -0.120. The van der Waals surface area contributed by atoms with E-state index in [1.165, 1.54) is 38.5 Å². The number of hydrogen-bond acceptors (Lipinski definition) is 3. The summed E-state index contributed by atoms with van der Waals surface area (Å²) in [6, 6.07) is 0. The summed E-state index contributed by atoms with van der Waals surface area (Å²) < 4.78 is 11.2. The van der Waals surface area contributed by atoms with E-state index >= 15 is 0 Å². The fourth-order valence-corrected chi connectivity index (χ4v) is 1.78. The normalized spacial score (nSPS) is 13.2. The molecular weight excluding hydrogens is 228 g/mol. The zero-order valence-corrected chi connectivity index (χ0v) is 12.5. The number of rotatable bonds is 13. The van der Waals surface area contributed by atoms with Crippen LogP contribution in [0.2, 0.25) is 0 Å². The van der Waals surface area contributed by atoms with Gasteiger partial charge in [0.15, 0.2) is 6.29 Å². The van der Waals surface area contributed by atoms with Gasteiger partial charge in [0.05, 0.1) is 0 Å². The Kier molecular flexibility index (Phi) is 13.2. The van der Waals surface area contributed by atoms with E-state index < -0.39 is 12.4 Å². The molecule has 0 saturated carbocycles. The van der Waals surface area contributed by atoms with Gasteiger partial charge in [0, 0.05) is 13.2 Å². The minimum Gasteiger partial charge on any atom is -0.388 e. The van der Waals surface area contributed by atoms with Crippen LogP contribution in [0.15, 0.2) is 0 Å². The van der Waals surface area contributed by atoms with Crippen LogP contribution in [0.4, 0.5) is 0 Å². The van der Waals surface area contributed by atoms with Crippen LogP contribution in [0.5, 0.6) is 0 Å². The SMILES string of the molecule is CCCCCCOC(OCCCCCC)C(C)O. The van der Waals surface area contributed by atoms with E-state index in [4.69, 9.17) is 9.47 Å². The molecule has 0 aliphatic carbocycles. The van der Waals surface area contributed by atoms with Crippen LogP contribution >= 0.6 is 0 Å². The van der Waals surface area contributed by atoms with E-state index in [9.17, 15) is 5.11 Å². The highest BCUT2D eigenvalue weighted by molar-refractivity contribution is 4.54. The molecule has 110 valence electrons. The van der Waals surface area contributed by atoms with Gasteiger partial charge in [-0.15, -0.1) is 0 Å². The smallest absolute Gasteiger partial charge is 0.183 e. The van der Waals surface area contributed by atoms with E-state index in [-0.39, 0.29) is 0 Å². The van der Waals surface area contributed by atoms with Crippen molar-refractivity contribution in [1.29, 1.82) is 0 Å². The van der Waals surface area contributed by atoms with E-state index in [1.807, 2.05) is 0 Å². The Balaban J connectivity index is 3.53. The summed E-state index contributed by atoms with van der Waals surface area (Å²) in [5, 5.41) is 9.57. The summed E-state index contributed by atoms with van der Waals surface area (Å²) >= 11 is 0. The average molecular weight is 260 g/mol. The van der Waals surface area contributed by atoms with Gasteiger partial charge in [-0.3, -0.25) is 0 Å². The quantitative estimate of drug-likeness (QED) is 0.403. The molecular formula is C15H32O3. The second-order valence-corrected chi connectivity index (χ2v) is 4.97. The second kappa shape index (κ2) is 13.3. The fraction of sp³-hybridized carbons (Fsp3) is 1.00. The van der Waals surface area contributed by atoms with Crippen LogP contribution in [-0.4, -0.2) is 30.7 Å². The molecule has 0 aromatic rings. The predicted molar refractivity (Wildman–Crippen MR) is 75.7 cm³/mol. The summed E-state index contributed by atoms with van der Waals surface area (Å²) in [7, 11) is 0. The van der Waals surface area contributed by atoms with Gasteiger partial charge in [0.25, 0.3) is 0 Å². The van der Waals surface area contributed by atoms with Gasteiger partial charge >= 0.3 is 0 Å². The first-order valence-corrected chi connectivity index (χ1v) is 7.63. The Bertz CT molecular complexity index is 146. The summed E-state index contributed by atoms with van der Waals surface area (Å²) in [6.07, 6.45) is 8.45. The molecule has 0 amide bonds. The van der Waals surface area contributed by atoms with Gasteiger partial charge in [0.1, 0.15) is 6.10 Å². The standard InChI is InChI=1S/C15H32O3/c1-4-6-8-10-12-17-15(14(3)16)18-13-11-9-7-5-2/h14-16H,4-13H2,1-3H3. The molecule has 3 nitrogen and oxygen atoms in total. The highest BCUT2D eigenvalue weighted by atomic mass is 16.7. The maximum Gasteiger partial charge on any atom is 0.183 e. The lowest BCUT2D eigenvalue weighted by atomic mass is 10.2. The van der Waals surface area contributed by atoms with Crippen molar-refractivity contribution in [2.45, 2.75) is 84.5 Å². The van der Waals surface area contributed by atoms with Gasteiger partial charge in [-0.25, -0.2) is 0 Å². The highest BCUT2D eigenvalue weighted by Gasteiger charge is 2.15. The predicted octanol–water partition coefficient (Wildman–Crippen LogP) is 3.89. The van der Waals surface area contributed by atoms with E-state index in [1.54, 1.807) is 6.92 Å². The van der Waals surface area contributed by atoms with Crippen LogP contribution in [0.3, 0.4) is 0 Å². The van der Waals surface area contributed by atoms with Crippen LogP contribution in [0.25, 0.3) is 0 Å². The minimum absolute atomic E-state index is 0.451. The van der Waals surface area contributed by atoms with Crippen LogP contribution in [0, 0.1) is 0 Å². The molecule has 0 aliphatic rings. The van der Waals surface area contributed by atoms with Gasteiger partial charge in [-0.05, 0) is 19.8 Å². The van der Waals surface area contributed by atoms with Crippen molar-refractivity contribution >= 4 is 0 Å². The summed E-state index contributed by atoms with van der Waals surface area (Å²) in [5.41, 5.74) is 0. The van der Waals surface area contributed by atoms with Crippen molar-refractivity contribution in [2.75, 3.05) is 13.2 Å². The molecule has 1 atom stereocenters. The molecule has 0 aromatic heterocycles. The lowest BCUT2D eigenvalue weighted by Gasteiger charge is -2.21. The number of unbranched alkanes of at least 4 members (excludes halogenated alkanes) is 6. The zero-order valence-electron chi connectivity index (χ0n) is 12.5. The lowest BCUT2D eigenvalue weighted by Crippen LogP contribution is -2.30. The molecule has 1 unspecified atom stereocenters. The first kappa shape index (κ1) is 17.9. The number of hydrogen-bond donors (Lipinski definition) is 1. The monoisotopic (exact) mass is 260 g/mol. The van der Waals surface area contributed by atoms with Crippen molar-refractivity contribution in [3.8, 4) is 0 Å². The van der Waals surface area contributed by atoms with Crippen LogP contribution in [-0.2, 0) is 9.47 Å². The maximum atomic E-state index is 9.57. The van der Waals surface area contributed by atoms with Crippen molar-refractivity contribution < 1.29 is 14.6 Å². The van der Waals surface area contributed by atoms with E-state index in [2.05, 4.69) is 13.8 Å². The number of aliphatic hydroxyl groups excluding tert-OH is 1. The molecule has 3 heteroatoms. The molecule has 0 aliphatic heterocycles. The molecule has 0 rings (SSSR count). The molecule has 0 fully saturated rings. The molecule has 0 heterocycles. The average Bonchev–Trinajstić information content (AvgIpc) is 2.35. The molecule has 0 bridgehead atoms. The molecule has 0 aromatic carbocycles. The van der Waals surface area contributed by atoms with Crippen molar-refractivity contribution in [3.05, 3.63) is 0 Å². The summed E-state index contributed by atoms with van der Waals surface area (Å²) in [6.45, 7) is 7.48. The lowest BCUT2D eigenvalue weighted by molar-refractivity contribution is -0.190. The third-order valence-corrected chi connectivity index (χ3v) is 2.95. The Morgan fingerprint density at radius 3 is 1.56 bits per heavy atom. The Morgan fingerprint density at radius 2 is 1.22 bits per heavy atom. The maximum absolute atomic E-state index is 9.57. The van der Waals surface area contributed by atoms with E-state index in [0.717, 1.165) is 12.8 Å². The molecule has 1 N–H and O–H groups in total. The fourth-order valence-electron chi connectivity index (χ4n) is 1.78. The van der Waals surface area contributed by atoms with Gasteiger partial charge in [0.2, 0.25) is 0 Å². The molecule has 18 heavy (non-hydrogen) atoms. The number of ether oxygens (including phenoxy) is 2. The minimum atomic E-state index is -0.553. The third kappa shape index (κ3) is 11.0. The van der Waals surface area contributed by atoms with E-state index in [0.29, 0.717) is 13.2 Å². The molecule has 0 radical (unpaired) electrons. The molecule has 0 saturated heterocycles. The topological polar surface area (TPSA) is 38.7 Å². The van der Waals surface area contributed by atoms with Crippen LogP contribution in [0.1, 0.15) is 72.1 Å². The third-order valence-electron chi connectivity index (χ3n) is 2.95. The van der Waals surface area contributed by atoms with Crippen molar-refractivity contribution in [3.63, 3.8) is 0 Å². The van der Waals surface area contributed by atoms with Crippen molar-refractivity contribution in [2.24, 2.45) is 0 Å².